The lowest BCUT2D eigenvalue weighted by atomic mass is 10.1. The van der Waals surface area contributed by atoms with E-state index in [0.717, 1.165) is 6.42 Å². The molecule has 0 aliphatic rings. The van der Waals surface area contributed by atoms with Gasteiger partial charge in [-0.05, 0) is 13.3 Å². The Morgan fingerprint density at radius 2 is 2.36 bits per heavy atom. The Labute approximate surface area is 65.8 Å². The predicted molar refractivity (Wildman–Crippen MR) is 41.0 cm³/mol. The third-order valence-corrected chi connectivity index (χ3v) is 1.83. The molecule has 4 nitrogen and oxygen atoms in total. The van der Waals surface area contributed by atoms with Crippen molar-refractivity contribution in [1.82, 2.24) is 15.0 Å². The lowest BCUT2D eigenvalue weighted by Crippen LogP contribution is -2.21. The normalized spacial score (nSPS) is 16.3. The maximum Gasteiger partial charge on any atom is 0.0767 e. The fraction of sp³-hybridized carbons (Fsp3) is 0.714. The number of aromatic nitrogens is 3. The standard InChI is InChI=1S/C7H13N3O/c1-3-7(11)6(2)10-5-4-8-9-10/h4-7,11H,3H2,1-2H3. The Bertz CT molecular complexity index is 197. The van der Waals surface area contributed by atoms with E-state index in [9.17, 15) is 5.11 Å². The summed E-state index contributed by atoms with van der Waals surface area (Å²) in [4.78, 5) is 0. The summed E-state index contributed by atoms with van der Waals surface area (Å²) in [6.07, 6.45) is 3.76. The average Bonchev–Trinajstić information content (AvgIpc) is 2.53. The second-order valence-electron chi connectivity index (χ2n) is 2.60. The van der Waals surface area contributed by atoms with Gasteiger partial charge in [0, 0.05) is 6.20 Å². The van der Waals surface area contributed by atoms with Gasteiger partial charge < -0.3 is 5.11 Å². The van der Waals surface area contributed by atoms with E-state index in [2.05, 4.69) is 10.3 Å². The fourth-order valence-electron chi connectivity index (χ4n) is 0.952. The SMILES string of the molecule is CCC(O)C(C)n1ccnn1. The summed E-state index contributed by atoms with van der Waals surface area (Å²) in [5.41, 5.74) is 0. The largest absolute Gasteiger partial charge is 0.391 e. The van der Waals surface area contributed by atoms with E-state index >= 15 is 0 Å². The van der Waals surface area contributed by atoms with Crippen molar-refractivity contribution in [2.45, 2.75) is 32.4 Å². The van der Waals surface area contributed by atoms with E-state index in [1.165, 1.54) is 0 Å². The highest BCUT2D eigenvalue weighted by Crippen LogP contribution is 2.10. The minimum Gasteiger partial charge on any atom is -0.391 e. The Morgan fingerprint density at radius 3 is 2.82 bits per heavy atom. The molecule has 0 amide bonds. The van der Waals surface area contributed by atoms with Crippen molar-refractivity contribution in [1.29, 1.82) is 0 Å². The van der Waals surface area contributed by atoms with Crippen LogP contribution in [0.15, 0.2) is 12.4 Å². The molecule has 2 unspecified atom stereocenters. The van der Waals surface area contributed by atoms with Gasteiger partial charge in [-0.25, -0.2) is 4.68 Å². The second-order valence-corrected chi connectivity index (χ2v) is 2.60. The molecule has 4 heteroatoms. The average molecular weight is 155 g/mol. The van der Waals surface area contributed by atoms with Crippen molar-refractivity contribution < 1.29 is 5.11 Å². The number of aliphatic hydroxyl groups is 1. The van der Waals surface area contributed by atoms with Crippen LogP contribution in [0.5, 0.6) is 0 Å². The zero-order valence-corrected chi connectivity index (χ0v) is 6.81. The van der Waals surface area contributed by atoms with Crippen LogP contribution in [0.3, 0.4) is 0 Å². The van der Waals surface area contributed by atoms with Crippen LogP contribution in [0.1, 0.15) is 26.3 Å². The fourth-order valence-corrected chi connectivity index (χ4v) is 0.952. The van der Waals surface area contributed by atoms with Gasteiger partial charge in [0.15, 0.2) is 0 Å². The monoisotopic (exact) mass is 155 g/mol. The molecule has 0 aliphatic heterocycles. The number of nitrogens with zero attached hydrogens (tertiary/aromatic N) is 3. The molecule has 2 atom stereocenters. The molecule has 0 radical (unpaired) electrons. The molecule has 0 saturated heterocycles. The molecule has 1 aromatic heterocycles. The van der Waals surface area contributed by atoms with Gasteiger partial charge in [0.2, 0.25) is 0 Å². The van der Waals surface area contributed by atoms with Gasteiger partial charge in [-0.3, -0.25) is 0 Å². The Kier molecular flexibility index (Phi) is 2.59. The third kappa shape index (κ3) is 1.77. The number of rotatable bonds is 3. The highest BCUT2D eigenvalue weighted by molar-refractivity contribution is 4.73. The van der Waals surface area contributed by atoms with Crippen molar-refractivity contribution in [2.24, 2.45) is 0 Å². The summed E-state index contributed by atoms with van der Waals surface area (Å²) in [5, 5.41) is 16.9. The van der Waals surface area contributed by atoms with Crippen molar-refractivity contribution >= 4 is 0 Å². The minimum absolute atomic E-state index is 0.0162. The summed E-state index contributed by atoms with van der Waals surface area (Å²) in [6, 6.07) is 0.0162. The van der Waals surface area contributed by atoms with E-state index < -0.39 is 0 Å². The van der Waals surface area contributed by atoms with E-state index in [0.29, 0.717) is 0 Å². The van der Waals surface area contributed by atoms with Crippen LogP contribution in [0.25, 0.3) is 0 Å². The van der Waals surface area contributed by atoms with Crippen LogP contribution in [0.4, 0.5) is 0 Å². The highest BCUT2D eigenvalue weighted by atomic mass is 16.3. The van der Waals surface area contributed by atoms with E-state index in [1.54, 1.807) is 17.1 Å². The van der Waals surface area contributed by atoms with E-state index in [-0.39, 0.29) is 12.1 Å². The molecule has 1 rings (SSSR count). The van der Waals surface area contributed by atoms with Crippen molar-refractivity contribution in [3.8, 4) is 0 Å². The van der Waals surface area contributed by atoms with Crippen LogP contribution >= 0.6 is 0 Å². The first kappa shape index (κ1) is 8.20. The summed E-state index contributed by atoms with van der Waals surface area (Å²) in [6.45, 7) is 3.86. The molecule has 11 heavy (non-hydrogen) atoms. The first-order valence-corrected chi connectivity index (χ1v) is 3.79. The van der Waals surface area contributed by atoms with Crippen molar-refractivity contribution in [2.75, 3.05) is 0 Å². The number of hydrogen-bond acceptors (Lipinski definition) is 3. The van der Waals surface area contributed by atoms with Gasteiger partial charge in [0.05, 0.1) is 18.3 Å². The van der Waals surface area contributed by atoms with Crippen molar-refractivity contribution in [3.63, 3.8) is 0 Å². The van der Waals surface area contributed by atoms with Gasteiger partial charge in [-0.1, -0.05) is 12.1 Å². The lowest BCUT2D eigenvalue weighted by molar-refractivity contribution is 0.110. The Hall–Kier alpha value is -0.900. The lowest BCUT2D eigenvalue weighted by Gasteiger charge is -2.16. The first-order valence-electron chi connectivity index (χ1n) is 3.79. The van der Waals surface area contributed by atoms with Crippen LogP contribution < -0.4 is 0 Å². The van der Waals surface area contributed by atoms with Crippen LogP contribution in [0, 0.1) is 0 Å². The van der Waals surface area contributed by atoms with Gasteiger partial charge >= 0.3 is 0 Å². The molecule has 62 valence electrons. The molecule has 0 bridgehead atoms. The topological polar surface area (TPSA) is 50.9 Å². The molecule has 1 heterocycles. The van der Waals surface area contributed by atoms with E-state index in [4.69, 9.17) is 0 Å². The molecular formula is C7H13N3O. The van der Waals surface area contributed by atoms with Gasteiger partial charge in [-0.15, -0.1) is 5.10 Å². The predicted octanol–water partition coefficient (Wildman–Crippen LogP) is 0.610. The summed E-state index contributed by atoms with van der Waals surface area (Å²) < 4.78 is 1.66. The summed E-state index contributed by atoms with van der Waals surface area (Å²) >= 11 is 0. The molecule has 1 aromatic rings. The van der Waals surface area contributed by atoms with Crippen LogP contribution in [-0.2, 0) is 0 Å². The highest BCUT2D eigenvalue weighted by Gasteiger charge is 2.13. The third-order valence-electron chi connectivity index (χ3n) is 1.83. The number of aliphatic hydroxyl groups excluding tert-OH is 1. The molecule has 1 N–H and O–H groups in total. The minimum atomic E-state index is -0.336. The molecule has 0 spiro atoms. The Morgan fingerprint density at radius 1 is 1.64 bits per heavy atom. The summed E-state index contributed by atoms with van der Waals surface area (Å²) in [7, 11) is 0. The number of hydrogen-bond donors (Lipinski definition) is 1. The van der Waals surface area contributed by atoms with E-state index in [1.807, 2.05) is 13.8 Å². The zero-order chi connectivity index (χ0) is 8.27. The Balaban J connectivity index is 2.62. The summed E-state index contributed by atoms with van der Waals surface area (Å²) in [5.74, 6) is 0. The quantitative estimate of drug-likeness (QED) is 0.695. The van der Waals surface area contributed by atoms with Crippen molar-refractivity contribution in [3.05, 3.63) is 12.4 Å². The maximum absolute atomic E-state index is 9.41. The van der Waals surface area contributed by atoms with Gasteiger partial charge in [-0.2, -0.15) is 0 Å². The zero-order valence-electron chi connectivity index (χ0n) is 6.81. The first-order chi connectivity index (χ1) is 5.25. The van der Waals surface area contributed by atoms with Crippen LogP contribution in [0.2, 0.25) is 0 Å². The molecule has 0 saturated carbocycles. The molecule has 0 aliphatic carbocycles. The smallest absolute Gasteiger partial charge is 0.0767 e. The molecular weight excluding hydrogens is 142 g/mol. The maximum atomic E-state index is 9.41. The van der Waals surface area contributed by atoms with Gasteiger partial charge in [0.25, 0.3) is 0 Å². The second kappa shape index (κ2) is 3.48. The van der Waals surface area contributed by atoms with Crippen LogP contribution in [-0.4, -0.2) is 26.2 Å². The molecule has 0 aromatic carbocycles. The van der Waals surface area contributed by atoms with Gasteiger partial charge in [0.1, 0.15) is 0 Å². The molecule has 0 fully saturated rings.